The van der Waals surface area contributed by atoms with Crippen LogP contribution in [0.5, 0.6) is 0 Å². The van der Waals surface area contributed by atoms with Crippen LogP contribution in [-0.4, -0.2) is 92.3 Å². The normalized spacial score (nSPS) is 25.7. The third-order valence-corrected chi connectivity index (χ3v) is 6.75. The monoisotopic (exact) mass is 386 g/mol. The summed E-state index contributed by atoms with van der Waals surface area (Å²) < 4.78 is 6.32. The van der Waals surface area contributed by atoms with Crippen LogP contribution in [0.1, 0.15) is 25.7 Å². The number of anilines is 1. The van der Waals surface area contributed by atoms with Crippen LogP contribution in [-0.2, 0) is 4.74 Å². The minimum Gasteiger partial charge on any atom is -0.375 e. The van der Waals surface area contributed by atoms with E-state index in [0.717, 1.165) is 71.6 Å². The summed E-state index contributed by atoms with van der Waals surface area (Å²) in [6.07, 6.45) is 4.18. The Labute approximate surface area is 169 Å². The van der Waals surface area contributed by atoms with Crippen LogP contribution < -0.4 is 4.90 Å². The molecule has 3 aliphatic heterocycles. The molecule has 2 amide bonds. The van der Waals surface area contributed by atoms with Gasteiger partial charge in [0.25, 0.3) is 0 Å². The average Bonchev–Trinajstić information content (AvgIpc) is 2.75. The summed E-state index contributed by atoms with van der Waals surface area (Å²) in [6.45, 7) is 6.92. The van der Waals surface area contributed by atoms with E-state index in [0.29, 0.717) is 6.04 Å². The number of piperidine rings is 1. The number of hydrogen-bond donors (Lipinski definition) is 0. The molecule has 4 rings (SSSR count). The first kappa shape index (κ1) is 19.5. The van der Waals surface area contributed by atoms with Crippen LogP contribution in [0.2, 0.25) is 0 Å². The zero-order valence-corrected chi connectivity index (χ0v) is 17.3. The minimum atomic E-state index is -0.0252. The molecule has 0 aromatic heterocycles. The summed E-state index contributed by atoms with van der Waals surface area (Å²) in [4.78, 5) is 21.0. The second-order valence-electron chi connectivity index (χ2n) is 8.70. The molecule has 0 unspecified atom stereocenters. The molecule has 0 aliphatic carbocycles. The fourth-order valence-electron chi connectivity index (χ4n) is 5.03. The first-order chi connectivity index (χ1) is 13.6. The molecule has 3 fully saturated rings. The lowest BCUT2D eigenvalue weighted by Crippen LogP contribution is -2.58. The van der Waals surface area contributed by atoms with Crippen LogP contribution >= 0.6 is 0 Å². The van der Waals surface area contributed by atoms with Gasteiger partial charge < -0.3 is 19.4 Å². The topological polar surface area (TPSA) is 39.3 Å². The summed E-state index contributed by atoms with van der Waals surface area (Å²) >= 11 is 0. The van der Waals surface area contributed by atoms with E-state index >= 15 is 0 Å². The molecule has 1 spiro atoms. The average molecular weight is 387 g/mol. The Balaban J connectivity index is 1.31. The first-order valence-electron chi connectivity index (χ1n) is 10.7. The van der Waals surface area contributed by atoms with Gasteiger partial charge in [0.15, 0.2) is 0 Å². The highest BCUT2D eigenvalue weighted by molar-refractivity contribution is 5.73. The van der Waals surface area contributed by atoms with Gasteiger partial charge in [-0.05, 0) is 37.8 Å². The van der Waals surface area contributed by atoms with E-state index in [2.05, 4.69) is 40.1 Å². The molecule has 0 bridgehead atoms. The molecule has 6 nitrogen and oxygen atoms in total. The quantitative estimate of drug-likeness (QED) is 0.783. The van der Waals surface area contributed by atoms with Gasteiger partial charge in [-0.15, -0.1) is 0 Å². The predicted molar refractivity (Wildman–Crippen MR) is 112 cm³/mol. The van der Waals surface area contributed by atoms with Gasteiger partial charge >= 0.3 is 6.03 Å². The number of carbonyl (C=O) groups excluding carboxylic acids is 1. The summed E-state index contributed by atoms with van der Waals surface area (Å²) in [6, 6.07) is 11.5. The molecular formula is C22H34N4O2. The number of para-hydroxylation sites is 1. The lowest BCUT2D eigenvalue weighted by Gasteiger charge is -2.50. The second-order valence-corrected chi connectivity index (χ2v) is 8.70. The Morgan fingerprint density at radius 3 is 2.36 bits per heavy atom. The van der Waals surface area contributed by atoms with E-state index in [1.807, 2.05) is 19.0 Å². The minimum absolute atomic E-state index is 0.0252. The van der Waals surface area contributed by atoms with Crippen LogP contribution in [0.25, 0.3) is 0 Å². The van der Waals surface area contributed by atoms with E-state index in [4.69, 9.17) is 4.74 Å². The van der Waals surface area contributed by atoms with Crippen molar-refractivity contribution in [2.45, 2.75) is 37.3 Å². The highest BCUT2D eigenvalue weighted by atomic mass is 16.5. The maximum absolute atomic E-state index is 12.2. The lowest BCUT2D eigenvalue weighted by molar-refractivity contribution is -0.130. The number of piperazine rings is 1. The number of amides is 2. The third-order valence-electron chi connectivity index (χ3n) is 6.75. The number of ether oxygens (including phenoxy) is 1. The number of likely N-dealkylation sites (tertiary alicyclic amines) is 1. The van der Waals surface area contributed by atoms with E-state index in [1.54, 1.807) is 4.90 Å². The van der Waals surface area contributed by atoms with Gasteiger partial charge in [0, 0.05) is 71.7 Å². The Bertz CT molecular complexity index is 650. The lowest BCUT2D eigenvalue weighted by atomic mass is 9.81. The van der Waals surface area contributed by atoms with E-state index < -0.39 is 0 Å². The van der Waals surface area contributed by atoms with E-state index in [9.17, 15) is 4.79 Å². The number of nitrogens with zero attached hydrogens (tertiary/aromatic N) is 4. The maximum Gasteiger partial charge on any atom is 0.319 e. The molecule has 154 valence electrons. The SMILES string of the molecule is CN(C)C(=O)N1CCC2(CC1)C[C@@H](N1CCN(c3ccccc3)CC1)CCO2. The Kier molecular flexibility index (Phi) is 5.78. The second kappa shape index (κ2) is 8.29. The van der Waals surface area contributed by atoms with Crippen molar-refractivity contribution in [1.82, 2.24) is 14.7 Å². The molecule has 3 saturated heterocycles. The molecule has 0 N–H and O–H groups in total. The van der Waals surface area contributed by atoms with Gasteiger partial charge in [0.2, 0.25) is 0 Å². The standard InChI is InChI=1S/C22H34N4O2/c1-23(2)21(27)26-11-9-22(10-12-26)18-20(8-17-28-22)25-15-13-24(14-16-25)19-6-4-3-5-7-19/h3-7,20H,8-18H2,1-2H3/t20-/m0/s1. The van der Waals surface area contributed by atoms with Gasteiger partial charge in [0.1, 0.15) is 0 Å². The molecule has 1 atom stereocenters. The zero-order valence-electron chi connectivity index (χ0n) is 17.3. The summed E-state index contributed by atoms with van der Waals surface area (Å²) in [5, 5.41) is 0. The van der Waals surface area contributed by atoms with Crippen molar-refractivity contribution in [3.05, 3.63) is 30.3 Å². The van der Waals surface area contributed by atoms with Crippen molar-refractivity contribution < 1.29 is 9.53 Å². The number of carbonyl (C=O) groups is 1. The molecule has 0 radical (unpaired) electrons. The van der Waals surface area contributed by atoms with Crippen LogP contribution in [0, 0.1) is 0 Å². The van der Waals surface area contributed by atoms with Gasteiger partial charge in [-0.3, -0.25) is 4.90 Å². The van der Waals surface area contributed by atoms with Crippen molar-refractivity contribution in [1.29, 1.82) is 0 Å². The van der Waals surface area contributed by atoms with E-state index in [-0.39, 0.29) is 11.6 Å². The van der Waals surface area contributed by atoms with E-state index in [1.165, 1.54) is 5.69 Å². The summed E-state index contributed by atoms with van der Waals surface area (Å²) in [7, 11) is 3.66. The van der Waals surface area contributed by atoms with Gasteiger partial charge in [-0.25, -0.2) is 4.79 Å². The first-order valence-corrected chi connectivity index (χ1v) is 10.7. The number of hydrogen-bond acceptors (Lipinski definition) is 4. The fourth-order valence-corrected chi connectivity index (χ4v) is 5.03. The summed E-state index contributed by atoms with van der Waals surface area (Å²) in [5.41, 5.74) is 1.31. The number of benzene rings is 1. The van der Waals surface area contributed by atoms with Crippen molar-refractivity contribution in [3.8, 4) is 0 Å². The fraction of sp³-hybridized carbons (Fsp3) is 0.682. The predicted octanol–water partition coefficient (Wildman–Crippen LogP) is 2.50. The number of rotatable bonds is 2. The van der Waals surface area contributed by atoms with Crippen LogP contribution in [0.4, 0.5) is 10.5 Å². The van der Waals surface area contributed by atoms with Crippen LogP contribution in [0.15, 0.2) is 30.3 Å². The largest absolute Gasteiger partial charge is 0.375 e. The smallest absolute Gasteiger partial charge is 0.319 e. The molecule has 1 aromatic rings. The molecular weight excluding hydrogens is 352 g/mol. The Hall–Kier alpha value is -1.79. The Morgan fingerprint density at radius 1 is 1.04 bits per heavy atom. The summed E-state index contributed by atoms with van der Waals surface area (Å²) in [5.74, 6) is 0. The van der Waals surface area contributed by atoms with Gasteiger partial charge in [-0.1, -0.05) is 18.2 Å². The van der Waals surface area contributed by atoms with Gasteiger partial charge in [0.05, 0.1) is 5.60 Å². The highest BCUT2D eigenvalue weighted by Crippen LogP contribution is 2.37. The van der Waals surface area contributed by atoms with Crippen molar-refractivity contribution in [3.63, 3.8) is 0 Å². The highest BCUT2D eigenvalue weighted by Gasteiger charge is 2.43. The molecule has 28 heavy (non-hydrogen) atoms. The Morgan fingerprint density at radius 2 is 1.71 bits per heavy atom. The number of urea groups is 1. The molecule has 3 aliphatic rings. The zero-order chi connectivity index (χ0) is 19.6. The van der Waals surface area contributed by atoms with Crippen molar-refractivity contribution in [2.24, 2.45) is 0 Å². The van der Waals surface area contributed by atoms with Crippen LogP contribution in [0.3, 0.4) is 0 Å². The maximum atomic E-state index is 12.2. The van der Waals surface area contributed by atoms with Gasteiger partial charge in [-0.2, -0.15) is 0 Å². The van der Waals surface area contributed by atoms with Crippen molar-refractivity contribution >= 4 is 11.7 Å². The molecule has 6 heteroatoms. The molecule has 0 saturated carbocycles. The molecule has 1 aromatic carbocycles. The van der Waals surface area contributed by atoms with Crippen molar-refractivity contribution in [2.75, 3.05) is 64.9 Å². The third kappa shape index (κ3) is 4.13. The molecule has 3 heterocycles.